The standard InChI is InChI=1S/C14H22N4/c1-4-11(8-15)9-18(3)12-5-6-13-14(7-12)17-10(2)16-13/h5-7,11H,4,8-9,15H2,1-3H3,(H,16,17). The van der Waals surface area contributed by atoms with Crippen LogP contribution in [0, 0.1) is 12.8 Å². The number of fused-ring (bicyclic) bond motifs is 1. The van der Waals surface area contributed by atoms with Gasteiger partial charge in [-0.2, -0.15) is 0 Å². The maximum absolute atomic E-state index is 5.76. The van der Waals surface area contributed by atoms with E-state index in [0.29, 0.717) is 5.92 Å². The fourth-order valence-electron chi connectivity index (χ4n) is 2.23. The van der Waals surface area contributed by atoms with E-state index in [-0.39, 0.29) is 0 Å². The molecule has 0 fully saturated rings. The lowest BCUT2D eigenvalue weighted by atomic mass is 10.1. The summed E-state index contributed by atoms with van der Waals surface area (Å²) in [6.45, 7) is 5.90. The average molecular weight is 246 g/mol. The van der Waals surface area contributed by atoms with Crippen LogP contribution < -0.4 is 10.6 Å². The van der Waals surface area contributed by atoms with Gasteiger partial charge in [0.05, 0.1) is 11.0 Å². The largest absolute Gasteiger partial charge is 0.374 e. The van der Waals surface area contributed by atoms with Crippen LogP contribution in [0.25, 0.3) is 11.0 Å². The summed E-state index contributed by atoms with van der Waals surface area (Å²) < 4.78 is 0. The van der Waals surface area contributed by atoms with E-state index in [4.69, 9.17) is 5.73 Å². The molecule has 0 saturated carbocycles. The van der Waals surface area contributed by atoms with E-state index in [0.717, 1.165) is 36.4 Å². The Morgan fingerprint density at radius 3 is 2.89 bits per heavy atom. The first-order chi connectivity index (χ1) is 8.63. The maximum atomic E-state index is 5.76. The zero-order valence-electron chi connectivity index (χ0n) is 11.4. The molecule has 0 aliphatic carbocycles. The monoisotopic (exact) mass is 246 g/mol. The van der Waals surface area contributed by atoms with Crippen LogP contribution in [0.15, 0.2) is 18.2 Å². The fourth-order valence-corrected chi connectivity index (χ4v) is 2.23. The summed E-state index contributed by atoms with van der Waals surface area (Å²) in [5, 5.41) is 0. The average Bonchev–Trinajstić information content (AvgIpc) is 2.74. The van der Waals surface area contributed by atoms with Crippen molar-refractivity contribution in [3.63, 3.8) is 0 Å². The third kappa shape index (κ3) is 2.64. The van der Waals surface area contributed by atoms with Crippen molar-refractivity contribution >= 4 is 16.7 Å². The van der Waals surface area contributed by atoms with Crippen molar-refractivity contribution in [1.82, 2.24) is 9.97 Å². The molecular formula is C14H22N4. The van der Waals surface area contributed by atoms with Gasteiger partial charge < -0.3 is 15.6 Å². The number of H-pyrrole nitrogens is 1. The van der Waals surface area contributed by atoms with Crippen LogP contribution in [0.1, 0.15) is 19.2 Å². The molecule has 1 unspecified atom stereocenters. The second-order valence-electron chi connectivity index (χ2n) is 4.91. The predicted octanol–water partition coefficient (Wildman–Crippen LogP) is 2.29. The van der Waals surface area contributed by atoms with Crippen molar-refractivity contribution in [2.75, 3.05) is 25.0 Å². The second kappa shape index (κ2) is 5.40. The zero-order valence-corrected chi connectivity index (χ0v) is 11.4. The first kappa shape index (κ1) is 12.9. The number of hydrogen-bond acceptors (Lipinski definition) is 3. The van der Waals surface area contributed by atoms with E-state index in [1.54, 1.807) is 0 Å². The zero-order chi connectivity index (χ0) is 13.1. The molecule has 0 bridgehead atoms. The highest BCUT2D eigenvalue weighted by atomic mass is 15.1. The van der Waals surface area contributed by atoms with Crippen LogP contribution >= 0.6 is 0 Å². The fraction of sp³-hybridized carbons (Fsp3) is 0.500. The minimum Gasteiger partial charge on any atom is -0.374 e. The van der Waals surface area contributed by atoms with Crippen LogP contribution in [0.4, 0.5) is 5.69 Å². The van der Waals surface area contributed by atoms with E-state index in [9.17, 15) is 0 Å². The van der Waals surface area contributed by atoms with Gasteiger partial charge >= 0.3 is 0 Å². The third-order valence-corrected chi connectivity index (χ3v) is 3.47. The summed E-state index contributed by atoms with van der Waals surface area (Å²) in [7, 11) is 2.11. The van der Waals surface area contributed by atoms with Crippen LogP contribution in [0.5, 0.6) is 0 Å². The molecule has 0 amide bonds. The lowest BCUT2D eigenvalue weighted by Crippen LogP contribution is -2.29. The molecule has 1 atom stereocenters. The van der Waals surface area contributed by atoms with Crippen molar-refractivity contribution in [1.29, 1.82) is 0 Å². The number of nitrogens with two attached hydrogens (primary N) is 1. The van der Waals surface area contributed by atoms with E-state index in [1.807, 2.05) is 6.92 Å². The minimum absolute atomic E-state index is 0.550. The Labute approximate surface area is 108 Å². The summed E-state index contributed by atoms with van der Waals surface area (Å²) in [5.41, 5.74) is 9.09. The molecule has 1 aromatic heterocycles. The van der Waals surface area contributed by atoms with Gasteiger partial charge in [0, 0.05) is 19.3 Å². The first-order valence-electron chi connectivity index (χ1n) is 6.51. The number of imidazole rings is 1. The molecule has 4 heteroatoms. The summed E-state index contributed by atoms with van der Waals surface area (Å²) in [4.78, 5) is 9.95. The predicted molar refractivity (Wildman–Crippen MR) is 76.9 cm³/mol. The van der Waals surface area contributed by atoms with E-state index in [1.165, 1.54) is 5.69 Å². The number of nitrogens with zero attached hydrogens (tertiary/aromatic N) is 2. The molecule has 18 heavy (non-hydrogen) atoms. The Bertz CT molecular complexity index is 513. The smallest absolute Gasteiger partial charge is 0.104 e. The van der Waals surface area contributed by atoms with Crippen molar-refractivity contribution in [2.24, 2.45) is 11.7 Å². The number of hydrogen-bond donors (Lipinski definition) is 2. The normalized spacial score (nSPS) is 12.9. The SMILES string of the molecule is CCC(CN)CN(C)c1ccc2nc(C)[nH]c2c1. The van der Waals surface area contributed by atoms with Crippen LogP contribution in [0.3, 0.4) is 0 Å². The Balaban J connectivity index is 2.19. The molecule has 3 N–H and O–H groups in total. The number of rotatable bonds is 5. The Hall–Kier alpha value is -1.55. The highest BCUT2D eigenvalue weighted by Crippen LogP contribution is 2.20. The number of aromatic nitrogens is 2. The van der Waals surface area contributed by atoms with Crippen molar-refractivity contribution in [2.45, 2.75) is 20.3 Å². The minimum atomic E-state index is 0.550. The lowest BCUT2D eigenvalue weighted by molar-refractivity contribution is 0.521. The van der Waals surface area contributed by atoms with E-state index < -0.39 is 0 Å². The molecule has 2 rings (SSSR count). The quantitative estimate of drug-likeness (QED) is 0.851. The molecule has 0 aliphatic rings. The highest BCUT2D eigenvalue weighted by Gasteiger charge is 2.09. The van der Waals surface area contributed by atoms with Crippen molar-refractivity contribution in [3.05, 3.63) is 24.0 Å². The molecule has 4 nitrogen and oxygen atoms in total. The number of aryl methyl sites for hydroxylation is 1. The third-order valence-electron chi connectivity index (χ3n) is 3.47. The molecule has 0 aliphatic heterocycles. The number of anilines is 1. The van der Waals surface area contributed by atoms with Crippen molar-refractivity contribution < 1.29 is 0 Å². The summed E-state index contributed by atoms with van der Waals surface area (Å²) in [6, 6.07) is 6.33. The number of nitrogens with one attached hydrogen (secondary N) is 1. The molecule has 1 aromatic carbocycles. The van der Waals surface area contributed by atoms with Gasteiger partial charge in [-0.15, -0.1) is 0 Å². The van der Waals surface area contributed by atoms with E-state index >= 15 is 0 Å². The molecule has 0 spiro atoms. The van der Waals surface area contributed by atoms with Gasteiger partial charge in [0.1, 0.15) is 5.82 Å². The van der Waals surface area contributed by atoms with Crippen LogP contribution in [0.2, 0.25) is 0 Å². The molecule has 98 valence electrons. The van der Waals surface area contributed by atoms with Gasteiger partial charge in [-0.25, -0.2) is 4.98 Å². The van der Waals surface area contributed by atoms with E-state index in [2.05, 4.69) is 47.0 Å². The van der Waals surface area contributed by atoms with Crippen molar-refractivity contribution in [3.8, 4) is 0 Å². The summed E-state index contributed by atoms with van der Waals surface area (Å²) in [6.07, 6.45) is 1.12. The van der Waals surface area contributed by atoms with Gasteiger partial charge in [-0.1, -0.05) is 13.3 Å². The van der Waals surface area contributed by atoms with Gasteiger partial charge in [0.2, 0.25) is 0 Å². The molecule has 1 heterocycles. The Morgan fingerprint density at radius 1 is 1.44 bits per heavy atom. The number of benzene rings is 1. The topological polar surface area (TPSA) is 57.9 Å². The maximum Gasteiger partial charge on any atom is 0.104 e. The highest BCUT2D eigenvalue weighted by molar-refractivity contribution is 5.79. The molecule has 2 aromatic rings. The summed E-state index contributed by atoms with van der Waals surface area (Å²) in [5.74, 6) is 1.51. The van der Waals surface area contributed by atoms with Gasteiger partial charge in [0.25, 0.3) is 0 Å². The first-order valence-corrected chi connectivity index (χ1v) is 6.51. The second-order valence-corrected chi connectivity index (χ2v) is 4.91. The lowest BCUT2D eigenvalue weighted by Gasteiger charge is -2.24. The summed E-state index contributed by atoms with van der Waals surface area (Å²) >= 11 is 0. The Morgan fingerprint density at radius 2 is 2.22 bits per heavy atom. The molecule has 0 saturated heterocycles. The molecule has 0 radical (unpaired) electrons. The van der Waals surface area contributed by atoms with Gasteiger partial charge in [0.15, 0.2) is 0 Å². The van der Waals surface area contributed by atoms with Crippen LogP contribution in [-0.4, -0.2) is 30.1 Å². The van der Waals surface area contributed by atoms with Crippen LogP contribution in [-0.2, 0) is 0 Å². The molecular weight excluding hydrogens is 224 g/mol. The Kier molecular flexibility index (Phi) is 3.87. The van der Waals surface area contributed by atoms with Gasteiger partial charge in [-0.05, 0) is 37.6 Å². The van der Waals surface area contributed by atoms with Gasteiger partial charge in [-0.3, -0.25) is 0 Å². The number of aromatic amines is 1.